The van der Waals surface area contributed by atoms with Gasteiger partial charge in [-0.25, -0.2) is 0 Å². The van der Waals surface area contributed by atoms with Crippen LogP contribution in [-0.2, 0) is 11.2 Å². The second-order valence-corrected chi connectivity index (χ2v) is 6.96. The zero-order valence-electron chi connectivity index (χ0n) is 17.0. The number of hydrogen-bond donors (Lipinski definition) is 2. The predicted octanol–water partition coefficient (Wildman–Crippen LogP) is 3.14. The van der Waals surface area contributed by atoms with Crippen molar-refractivity contribution in [2.75, 3.05) is 33.9 Å². The molecule has 1 aromatic carbocycles. The van der Waals surface area contributed by atoms with Gasteiger partial charge in [0.15, 0.2) is 17.5 Å². The molecule has 1 aliphatic rings. The van der Waals surface area contributed by atoms with Gasteiger partial charge in [0, 0.05) is 19.7 Å². The maximum atomic E-state index is 6.01. The Kier molecular flexibility index (Phi) is 9.25. The van der Waals surface area contributed by atoms with Gasteiger partial charge in [0.2, 0.25) is 0 Å². The molecule has 0 radical (unpaired) electrons. The first-order chi connectivity index (χ1) is 13.2. The number of hydrogen-bond acceptors (Lipinski definition) is 4. The Morgan fingerprint density at radius 3 is 2.63 bits per heavy atom. The predicted molar refractivity (Wildman–Crippen MR) is 110 cm³/mol. The van der Waals surface area contributed by atoms with Crippen LogP contribution >= 0.6 is 0 Å². The van der Waals surface area contributed by atoms with Crippen molar-refractivity contribution in [2.45, 2.75) is 51.6 Å². The maximum absolute atomic E-state index is 6.01. The number of nitrogens with two attached hydrogens (primary N) is 1. The summed E-state index contributed by atoms with van der Waals surface area (Å²) < 4.78 is 16.5. The highest BCUT2D eigenvalue weighted by atomic mass is 16.5. The van der Waals surface area contributed by atoms with Crippen LogP contribution in [0.5, 0.6) is 11.5 Å². The minimum atomic E-state index is 0.320. The smallest absolute Gasteiger partial charge is 0.188 e. The molecule has 0 aromatic heterocycles. The molecule has 0 saturated heterocycles. The van der Waals surface area contributed by atoms with Gasteiger partial charge in [0.1, 0.15) is 0 Å². The normalized spacial score (nSPS) is 16.3. The standard InChI is InChI=1S/C21H35N3O3/c1-4-27-18(17-7-5-6-8-17)12-14-24-21(22)23-13-11-16-9-10-19(25-2)20(15-16)26-3/h9-10,15,17-18H,4-8,11-14H2,1-3H3,(H3,22,23,24). The highest BCUT2D eigenvalue weighted by Crippen LogP contribution is 2.30. The van der Waals surface area contributed by atoms with Crippen LogP contribution in [-0.4, -0.2) is 46.0 Å². The molecule has 0 spiro atoms. The Bertz CT molecular complexity index is 586. The average Bonchev–Trinajstić information content (AvgIpc) is 3.22. The first-order valence-corrected chi connectivity index (χ1v) is 10.0. The van der Waals surface area contributed by atoms with Crippen molar-refractivity contribution in [2.24, 2.45) is 16.6 Å². The summed E-state index contributed by atoms with van der Waals surface area (Å²) in [5.41, 5.74) is 7.16. The summed E-state index contributed by atoms with van der Waals surface area (Å²) in [5.74, 6) is 2.67. The fraction of sp³-hybridized carbons (Fsp3) is 0.667. The van der Waals surface area contributed by atoms with Gasteiger partial charge in [-0.15, -0.1) is 0 Å². The van der Waals surface area contributed by atoms with Gasteiger partial charge in [0.25, 0.3) is 0 Å². The number of rotatable bonds is 11. The molecule has 0 bridgehead atoms. The van der Waals surface area contributed by atoms with Gasteiger partial charge in [-0.3, -0.25) is 4.99 Å². The lowest BCUT2D eigenvalue weighted by atomic mass is 9.98. The molecule has 1 atom stereocenters. The molecule has 1 aromatic rings. The quantitative estimate of drug-likeness (QED) is 0.458. The van der Waals surface area contributed by atoms with E-state index in [0.29, 0.717) is 24.5 Å². The van der Waals surface area contributed by atoms with Crippen molar-refractivity contribution in [1.82, 2.24) is 5.32 Å². The molecule has 1 unspecified atom stereocenters. The van der Waals surface area contributed by atoms with E-state index in [0.717, 1.165) is 43.1 Å². The Balaban J connectivity index is 1.73. The van der Waals surface area contributed by atoms with Gasteiger partial charge in [-0.05, 0) is 56.2 Å². The molecule has 0 amide bonds. The Morgan fingerprint density at radius 2 is 1.96 bits per heavy atom. The molecule has 1 saturated carbocycles. The molecule has 3 N–H and O–H groups in total. The van der Waals surface area contributed by atoms with Crippen LogP contribution in [0.3, 0.4) is 0 Å². The number of benzene rings is 1. The van der Waals surface area contributed by atoms with E-state index in [1.54, 1.807) is 14.2 Å². The van der Waals surface area contributed by atoms with Crippen molar-refractivity contribution in [1.29, 1.82) is 0 Å². The number of nitrogens with zero attached hydrogens (tertiary/aromatic N) is 1. The molecular formula is C21H35N3O3. The molecule has 0 aliphatic heterocycles. The van der Waals surface area contributed by atoms with Crippen molar-refractivity contribution < 1.29 is 14.2 Å². The SMILES string of the molecule is CCOC(CCN=C(N)NCCc1ccc(OC)c(OC)c1)C1CCCC1. The van der Waals surface area contributed by atoms with E-state index in [9.17, 15) is 0 Å². The first kappa shape index (κ1) is 21.4. The van der Waals surface area contributed by atoms with E-state index in [1.807, 2.05) is 18.2 Å². The van der Waals surface area contributed by atoms with E-state index < -0.39 is 0 Å². The highest BCUT2D eigenvalue weighted by Gasteiger charge is 2.24. The van der Waals surface area contributed by atoms with Gasteiger partial charge < -0.3 is 25.3 Å². The number of ether oxygens (including phenoxy) is 3. The molecule has 1 fully saturated rings. The lowest BCUT2D eigenvalue weighted by molar-refractivity contribution is 0.0177. The summed E-state index contributed by atoms with van der Waals surface area (Å²) in [5, 5.41) is 3.19. The van der Waals surface area contributed by atoms with Crippen LogP contribution < -0.4 is 20.5 Å². The van der Waals surface area contributed by atoms with Gasteiger partial charge in [-0.1, -0.05) is 18.9 Å². The molecule has 152 valence electrons. The monoisotopic (exact) mass is 377 g/mol. The third-order valence-corrected chi connectivity index (χ3v) is 5.17. The van der Waals surface area contributed by atoms with E-state index >= 15 is 0 Å². The first-order valence-electron chi connectivity index (χ1n) is 10.0. The van der Waals surface area contributed by atoms with Crippen molar-refractivity contribution in [3.63, 3.8) is 0 Å². The molecule has 27 heavy (non-hydrogen) atoms. The highest BCUT2D eigenvalue weighted by molar-refractivity contribution is 5.77. The zero-order chi connectivity index (χ0) is 19.5. The van der Waals surface area contributed by atoms with Crippen LogP contribution in [0.15, 0.2) is 23.2 Å². The van der Waals surface area contributed by atoms with Crippen molar-refractivity contribution in [3.8, 4) is 11.5 Å². The summed E-state index contributed by atoms with van der Waals surface area (Å²) in [6.07, 6.45) is 7.33. The molecule has 2 rings (SSSR count). The minimum absolute atomic E-state index is 0.320. The topological polar surface area (TPSA) is 78.1 Å². The number of aliphatic imine (C=N–C) groups is 1. The molecule has 6 heteroatoms. The molecular weight excluding hydrogens is 342 g/mol. The van der Waals surface area contributed by atoms with Crippen LogP contribution in [0.2, 0.25) is 0 Å². The summed E-state index contributed by atoms with van der Waals surface area (Å²) in [6.45, 7) is 4.26. The summed E-state index contributed by atoms with van der Waals surface area (Å²) in [7, 11) is 3.28. The maximum Gasteiger partial charge on any atom is 0.188 e. The van der Waals surface area contributed by atoms with Crippen molar-refractivity contribution in [3.05, 3.63) is 23.8 Å². The third kappa shape index (κ3) is 6.94. The fourth-order valence-electron chi connectivity index (χ4n) is 3.74. The number of methoxy groups -OCH3 is 2. The summed E-state index contributed by atoms with van der Waals surface area (Å²) >= 11 is 0. The van der Waals surface area contributed by atoms with Crippen LogP contribution in [0.25, 0.3) is 0 Å². The molecule has 0 heterocycles. The van der Waals surface area contributed by atoms with E-state index in [4.69, 9.17) is 19.9 Å². The number of guanidine groups is 1. The van der Waals surface area contributed by atoms with Crippen molar-refractivity contribution >= 4 is 5.96 Å². The second-order valence-electron chi connectivity index (χ2n) is 6.96. The molecule has 6 nitrogen and oxygen atoms in total. The van der Waals surface area contributed by atoms with Crippen LogP contribution in [0, 0.1) is 5.92 Å². The second kappa shape index (κ2) is 11.7. The Labute approximate surface area is 163 Å². The molecule has 1 aliphatic carbocycles. The van der Waals surface area contributed by atoms with Gasteiger partial charge in [-0.2, -0.15) is 0 Å². The Hall–Kier alpha value is -1.95. The Morgan fingerprint density at radius 1 is 1.22 bits per heavy atom. The van der Waals surface area contributed by atoms with E-state index in [2.05, 4.69) is 17.2 Å². The van der Waals surface area contributed by atoms with Gasteiger partial charge >= 0.3 is 0 Å². The lowest BCUT2D eigenvalue weighted by Gasteiger charge is -2.22. The van der Waals surface area contributed by atoms with Crippen LogP contribution in [0.4, 0.5) is 0 Å². The average molecular weight is 378 g/mol. The van der Waals surface area contributed by atoms with E-state index in [-0.39, 0.29) is 0 Å². The zero-order valence-corrected chi connectivity index (χ0v) is 17.0. The van der Waals surface area contributed by atoms with Crippen LogP contribution in [0.1, 0.15) is 44.6 Å². The number of nitrogens with one attached hydrogen (secondary N) is 1. The van der Waals surface area contributed by atoms with Gasteiger partial charge in [0.05, 0.1) is 20.3 Å². The summed E-state index contributed by atoms with van der Waals surface area (Å²) in [4.78, 5) is 4.47. The lowest BCUT2D eigenvalue weighted by Crippen LogP contribution is -2.33. The third-order valence-electron chi connectivity index (χ3n) is 5.17. The summed E-state index contributed by atoms with van der Waals surface area (Å²) in [6, 6.07) is 5.94. The fourth-order valence-corrected chi connectivity index (χ4v) is 3.74. The minimum Gasteiger partial charge on any atom is -0.493 e. The largest absolute Gasteiger partial charge is 0.493 e. The van der Waals surface area contributed by atoms with E-state index in [1.165, 1.54) is 25.7 Å².